The van der Waals surface area contributed by atoms with Crippen molar-refractivity contribution in [2.45, 2.75) is 13.3 Å². The van der Waals surface area contributed by atoms with Gasteiger partial charge in [0.05, 0.1) is 11.4 Å². The van der Waals surface area contributed by atoms with Gasteiger partial charge in [-0.05, 0) is 37.3 Å². The third-order valence-corrected chi connectivity index (χ3v) is 3.88. The molecule has 0 spiro atoms. The van der Waals surface area contributed by atoms with Crippen LogP contribution in [0, 0.1) is 0 Å². The van der Waals surface area contributed by atoms with Gasteiger partial charge in [-0.3, -0.25) is 0 Å². The largest absolute Gasteiger partial charge is 0.573 e. The standard InChI is InChI=1S/C19H16ClF3N4O2/c1-2-24-18-26-14(11-4-3-5-13(8-11)29-19(21,22)23)10-17(27-18)25-15-9-12(20)6-7-16(15)28/h3-10,28H,2H2,1H3,(H2,24,25,26,27). The van der Waals surface area contributed by atoms with Crippen LogP contribution in [0.1, 0.15) is 6.92 Å². The summed E-state index contributed by atoms with van der Waals surface area (Å²) in [5.41, 5.74) is 1.07. The van der Waals surface area contributed by atoms with Gasteiger partial charge in [0.2, 0.25) is 5.95 Å². The fourth-order valence-electron chi connectivity index (χ4n) is 2.50. The first kappa shape index (κ1) is 20.5. The lowest BCUT2D eigenvalue weighted by Gasteiger charge is -2.13. The minimum Gasteiger partial charge on any atom is -0.506 e. The van der Waals surface area contributed by atoms with Crippen LogP contribution in [0.3, 0.4) is 0 Å². The first-order valence-electron chi connectivity index (χ1n) is 8.48. The zero-order chi connectivity index (χ0) is 21.0. The van der Waals surface area contributed by atoms with E-state index in [1.807, 2.05) is 6.92 Å². The summed E-state index contributed by atoms with van der Waals surface area (Å²) in [5, 5.41) is 16.3. The quantitative estimate of drug-likeness (QED) is 0.448. The van der Waals surface area contributed by atoms with Crippen LogP contribution >= 0.6 is 11.6 Å². The number of hydrogen-bond acceptors (Lipinski definition) is 6. The van der Waals surface area contributed by atoms with Crippen molar-refractivity contribution in [1.82, 2.24) is 9.97 Å². The molecule has 29 heavy (non-hydrogen) atoms. The topological polar surface area (TPSA) is 79.3 Å². The Hall–Kier alpha value is -3.20. The zero-order valence-corrected chi connectivity index (χ0v) is 15.8. The van der Waals surface area contributed by atoms with Gasteiger partial charge in [-0.15, -0.1) is 13.2 Å². The molecule has 3 N–H and O–H groups in total. The third kappa shape index (κ3) is 5.64. The Balaban J connectivity index is 1.99. The number of anilines is 3. The van der Waals surface area contributed by atoms with Crippen LogP contribution in [0.15, 0.2) is 48.5 Å². The zero-order valence-electron chi connectivity index (χ0n) is 15.1. The highest BCUT2D eigenvalue weighted by Gasteiger charge is 2.31. The van der Waals surface area contributed by atoms with Crippen LogP contribution in [-0.4, -0.2) is 28.0 Å². The summed E-state index contributed by atoms with van der Waals surface area (Å²) in [7, 11) is 0. The summed E-state index contributed by atoms with van der Waals surface area (Å²) in [6.07, 6.45) is -4.80. The van der Waals surface area contributed by atoms with E-state index in [-0.39, 0.29) is 17.4 Å². The molecule has 1 heterocycles. The van der Waals surface area contributed by atoms with Crippen molar-refractivity contribution in [3.63, 3.8) is 0 Å². The predicted molar refractivity (Wildman–Crippen MR) is 105 cm³/mol. The first-order chi connectivity index (χ1) is 13.7. The lowest BCUT2D eigenvalue weighted by atomic mass is 10.1. The molecule has 0 aliphatic rings. The van der Waals surface area contributed by atoms with Gasteiger partial charge in [0.15, 0.2) is 0 Å². The molecule has 0 amide bonds. The van der Waals surface area contributed by atoms with E-state index in [2.05, 4.69) is 25.3 Å². The molecule has 10 heteroatoms. The molecule has 1 aromatic heterocycles. The van der Waals surface area contributed by atoms with E-state index in [4.69, 9.17) is 11.6 Å². The number of aromatic hydroxyl groups is 1. The fourth-order valence-corrected chi connectivity index (χ4v) is 2.67. The smallest absolute Gasteiger partial charge is 0.506 e. The molecule has 0 saturated carbocycles. The molecule has 0 atom stereocenters. The van der Waals surface area contributed by atoms with Crippen LogP contribution in [0.5, 0.6) is 11.5 Å². The molecular formula is C19H16ClF3N4O2. The summed E-state index contributed by atoms with van der Waals surface area (Å²) in [6, 6.07) is 11.5. The summed E-state index contributed by atoms with van der Waals surface area (Å²) < 4.78 is 41.5. The second kappa shape index (κ2) is 8.44. The van der Waals surface area contributed by atoms with Crippen molar-refractivity contribution in [1.29, 1.82) is 0 Å². The minimum atomic E-state index is -4.80. The maximum Gasteiger partial charge on any atom is 0.573 e. The average Bonchev–Trinajstić information content (AvgIpc) is 2.64. The Morgan fingerprint density at radius 1 is 1.10 bits per heavy atom. The summed E-state index contributed by atoms with van der Waals surface area (Å²) >= 11 is 5.96. The Morgan fingerprint density at radius 2 is 1.90 bits per heavy atom. The molecule has 0 unspecified atom stereocenters. The molecular weight excluding hydrogens is 409 g/mol. The number of nitrogens with zero attached hydrogens (tertiary/aromatic N) is 2. The van der Waals surface area contributed by atoms with Crippen molar-refractivity contribution in [2.24, 2.45) is 0 Å². The third-order valence-electron chi connectivity index (χ3n) is 3.65. The van der Waals surface area contributed by atoms with Crippen LogP contribution in [-0.2, 0) is 0 Å². The molecule has 0 saturated heterocycles. The fraction of sp³-hybridized carbons (Fsp3) is 0.158. The molecule has 3 rings (SSSR count). The highest BCUT2D eigenvalue weighted by molar-refractivity contribution is 6.31. The van der Waals surface area contributed by atoms with E-state index < -0.39 is 6.36 Å². The van der Waals surface area contributed by atoms with E-state index in [0.29, 0.717) is 34.3 Å². The van der Waals surface area contributed by atoms with Crippen molar-refractivity contribution in [3.05, 3.63) is 53.6 Å². The molecule has 0 fully saturated rings. The van der Waals surface area contributed by atoms with Gasteiger partial charge < -0.3 is 20.5 Å². The van der Waals surface area contributed by atoms with Gasteiger partial charge in [-0.25, -0.2) is 4.98 Å². The number of rotatable bonds is 6. The first-order valence-corrected chi connectivity index (χ1v) is 8.86. The molecule has 0 radical (unpaired) electrons. The van der Waals surface area contributed by atoms with E-state index in [1.54, 1.807) is 6.07 Å². The normalized spacial score (nSPS) is 11.2. The number of benzene rings is 2. The lowest BCUT2D eigenvalue weighted by molar-refractivity contribution is -0.274. The predicted octanol–water partition coefficient (Wildman–Crippen LogP) is 5.58. The summed E-state index contributed by atoms with van der Waals surface area (Å²) in [4.78, 5) is 8.62. The van der Waals surface area contributed by atoms with Gasteiger partial charge in [-0.1, -0.05) is 23.7 Å². The number of hydrogen-bond donors (Lipinski definition) is 3. The van der Waals surface area contributed by atoms with Crippen molar-refractivity contribution in [3.8, 4) is 22.8 Å². The molecule has 2 aromatic carbocycles. The van der Waals surface area contributed by atoms with Crippen molar-refractivity contribution >= 4 is 29.1 Å². The van der Waals surface area contributed by atoms with Crippen LogP contribution in [0.25, 0.3) is 11.3 Å². The van der Waals surface area contributed by atoms with E-state index in [1.165, 1.54) is 42.5 Å². The number of alkyl halides is 3. The van der Waals surface area contributed by atoms with Gasteiger partial charge in [0.1, 0.15) is 17.3 Å². The SMILES string of the molecule is CCNc1nc(Nc2cc(Cl)ccc2O)cc(-c2cccc(OC(F)(F)F)c2)n1. The summed E-state index contributed by atoms with van der Waals surface area (Å²) in [6.45, 7) is 2.38. The van der Waals surface area contributed by atoms with Gasteiger partial charge in [0, 0.05) is 23.2 Å². The molecule has 3 aromatic rings. The maximum atomic E-state index is 12.5. The average molecular weight is 425 g/mol. The number of aromatic nitrogens is 2. The van der Waals surface area contributed by atoms with Crippen LogP contribution in [0.2, 0.25) is 5.02 Å². The van der Waals surface area contributed by atoms with E-state index >= 15 is 0 Å². The Bertz CT molecular complexity index is 1010. The Kier molecular flexibility index (Phi) is 5.97. The van der Waals surface area contributed by atoms with Crippen molar-refractivity contribution < 1.29 is 23.0 Å². The minimum absolute atomic E-state index is 0.0415. The monoisotopic (exact) mass is 424 g/mol. The second-order valence-corrected chi connectivity index (χ2v) is 6.29. The van der Waals surface area contributed by atoms with E-state index in [0.717, 1.165) is 0 Å². The Labute approximate surface area is 169 Å². The molecule has 0 aliphatic heterocycles. The lowest BCUT2D eigenvalue weighted by Crippen LogP contribution is -2.17. The van der Waals surface area contributed by atoms with E-state index in [9.17, 15) is 18.3 Å². The highest BCUT2D eigenvalue weighted by atomic mass is 35.5. The van der Waals surface area contributed by atoms with Crippen molar-refractivity contribution in [2.75, 3.05) is 17.2 Å². The molecule has 152 valence electrons. The number of halogens is 4. The number of ether oxygens (including phenoxy) is 1. The molecule has 6 nitrogen and oxygen atoms in total. The van der Waals surface area contributed by atoms with Gasteiger partial charge in [-0.2, -0.15) is 4.98 Å². The van der Waals surface area contributed by atoms with Crippen LogP contribution in [0.4, 0.5) is 30.6 Å². The van der Waals surface area contributed by atoms with Crippen LogP contribution < -0.4 is 15.4 Å². The maximum absolute atomic E-state index is 12.5. The summed E-state index contributed by atoms with van der Waals surface area (Å²) in [5.74, 6) is 0.169. The number of nitrogens with one attached hydrogen (secondary N) is 2. The van der Waals surface area contributed by atoms with Gasteiger partial charge in [0.25, 0.3) is 0 Å². The Morgan fingerprint density at radius 3 is 2.62 bits per heavy atom. The number of phenols is 1. The molecule has 0 bridgehead atoms. The molecule has 0 aliphatic carbocycles. The highest BCUT2D eigenvalue weighted by Crippen LogP contribution is 2.32. The number of phenolic OH excluding ortho intramolecular Hbond substituents is 1. The second-order valence-electron chi connectivity index (χ2n) is 5.85. The van der Waals surface area contributed by atoms with Gasteiger partial charge >= 0.3 is 6.36 Å².